The van der Waals surface area contributed by atoms with Gasteiger partial charge in [-0.1, -0.05) is 141 Å². The van der Waals surface area contributed by atoms with E-state index in [1.54, 1.807) is 65.8 Å². The molecule has 8 aromatic rings. The number of ketones is 3. The van der Waals surface area contributed by atoms with Gasteiger partial charge in [-0.3, -0.25) is 25.0 Å². The molecule has 4 aliphatic rings. The second-order valence-electron chi connectivity index (χ2n) is 32.7. The number of Topliss-reactive ketones (excluding diaryl/α,β-unsaturated/α-hetero) is 3. The van der Waals surface area contributed by atoms with Crippen LogP contribution in [0.5, 0.6) is 0 Å². The fourth-order valence-corrected chi connectivity index (χ4v) is 22.3. The molecular formula is C88H98F8N12O15S4W. The van der Waals surface area contributed by atoms with Crippen LogP contribution in [0.3, 0.4) is 0 Å². The smallest absolute Gasteiger partial charge is 0.414 e. The van der Waals surface area contributed by atoms with E-state index in [0.29, 0.717) is 57.6 Å². The first-order valence-electron chi connectivity index (χ1n) is 38.3. The van der Waals surface area contributed by atoms with Crippen LogP contribution in [-0.2, 0) is 92.8 Å². The summed E-state index contributed by atoms with van der Waals surface area (Å²) in [5.41, 5.74) is 6.40. The van der Waals surface area contributed by atoms with Gasteiger partial charge in [0.05, 0.1) is 0 Å². The normalized spacial score (nSPS) is 22.4. The summed E-state index contributed by atoms with van der Waals surface area (Å²) < 4.78 is 235. The molecule has 0 spiro atoms. The van der Waals surface area contributed by atoms with E-state index >= 15 is 8.78 Å². The number of amides is 2. The zero-order valence-corrected chi connectivity index (χ0v) is 78.3. The van der Waals surface area contributed by atoms with Gasteiger partial charge < -0.3 is 20.9 Å². The van der Waals surface area contributed by atoms with Crippen LogP contribution >= 0.6 is 0 Å². The number of halogens is 8. The van der Waals surface area contributed by atoms with Gasteiger partial charge in [0.15, 0.2) is 17.3 Å². The molecule has 0 aromatic heterocycles. The number of nitrogens with one attached hydrogen (secondary N) is 2. The first-order chi connectivity index (χ1) is 58.1. The Labute approximate surface area is 753 Å². The molecule has 0 saturated carbocycles. The van der Waals surface area contributed by atoms with E-state index in [-0.39, 0.29) is 97.5 Å². The van der Waals surface area contributed by atoms with Crippen LogP contribution in [0, 0.1) is 46.5 Å². The number of carbonyl (C=O) groups is 5. The van der Waals surface area contributed by atoms with Gasteiger partial charge in [-0.05, 0) is 149 Å². The Balaban J connectivity index is 0.000000234. The zero-order chi connectivity index (χ0) is 94.4. The van der Waals surface area contributed by atoms with E-state index in [4.69, 9.17) is 20.9 Å². The Bertz CT molecular complexity index is 5910. The predicted octanol–water partition coefficient (Wildman–Crippen LogP) is 15.5. The molecule has 0 saturated heterocycles. The second-order valence-corrected chi connectivity index (χ2v) is 40.9. The maximum atomic E-state index is 15.1. The number of hydrogen-bond acceptors (Lipinski definition) is 21. The molecule has 27 nitrogen and oxygen atoms in total. The van der Waals surface area contributed by atoms with Crippen molar-refractivity contribution < 1.29 is 123 Å². The number of nitrogens with zero attached hydrogens (tertiary/aromatic N) is 8. The number of guanidine groups is 4. The number of aliphatic imine (C=N–C) groups is 4. The molecule has 12 rings (SSSR count). The summed E-state index contributed by atoms with van der Waals surface area (Å²) in [5.74, 6) is -8.97. The van der Waals surface area contributed by atoms with Crippen molar-refractivity contribution in [2.24, 2.45) is 31.4 Å². The van der Waals surface area contributed by atoms with Crippen molar-refractivity contribution in [3.8, 4) is 0 Å². The summed E-state index contributed by atoms with van der Waals surface area (Å²) in [4.78, 5) is 77.1. The van der Waals surface area contributed by atoms with Crippen LogP contribution in [0.15, 0.2) is 196 Å². The van der Waals surface area contributed by atoms with Crippen molar-refractivity contribution in [2.45, 2.75) is 159 Å². The summed E-state index contributed by atoms with van der Waals surface area (Å²) in [7, 11) is -11.8. The largest absolute Gasteiger partial charge is 0.444 e. The van der Waals surface area contributed by atoms with Crippen LogP contribution in [0.1, 0.15) is 207 Å². The number of hydrogen-bond donors (Lipinski definition) is 4. The number of sulfonamides is 4. The van der Waals surface area contributed by atoms with Crippen molar-refractivity contribution in [2.75, 3.05) is 28.2 Å². The summed E-state index contributed by atoms with van der Waals surface area (Å²) in [5, 5.41) is -0.836. The molecule has 686 valence electrons. The minimum absolute atomic E-state index is 0. The van der Waals surface area contributed by atoms with Gasteiger partial charge in [0.2, 0.25) is 63.9 Å². The van der Waals surface area contributed by atoms with Crippen LogP contribution in [-0.4, -0.2) is 144 Å². The molecule has 8 aromatic carbocycles. The number of ether oxygens (including phenoxy) is 2. The molecule has 4 aliphatic heterocycles. The molecule has 6 N–H and O–H groups in total. The zero-order valence-electron chi connectivity index (χ0n) is 72.1. The van der Waals surface area contributed by atoms with Crippen LogP contribution in [0.25, 0.3) is 5.57 Å². The minimum Gasteiger partial charge on any atom is -0.444 e. The number of benzene rings is 8. The summed E-state index contributed by atoms with van der Waals surface area (Å²) in [6.45, 7) is 25.4. The van der Waals surface area contributed by atoms with Gasteiger partial charge in [0.1, 0.15) is 101 Å². The standard InChI is InChI=1S/C25H29F2N3O4S.C24H27F2N3O5S.2C19H19F2N3O3S.CH4.W/c1-15(2)16-8-10-17(11-9-16)21-25(6,19-13-12-18(26)14-20(19)27)29-22(30(7)35(21,32)33)28-23(31)34-24(3,4)5;1-14(30)15-7-9-16(10-8-15)20-24(5,18-12-11-17(25)13-19(18)26)28-21(29(6)35(20,32)33)27-22(31)34-23(2,3)4;2*1-11(25)12-4-6-13(7-5-12)17-19(2,15-9-8-14(20)10-16(15)21)23-18(22)24(3)28(17,26)27;;/h8-14,21H,1H2,2-7H3,(H,28,29,31);7-13,20H,1-6H3,(H,27,28,31);2*4-10,17H,1-3H3,(H2,22,23);1H4;/t21?,25-;20?,24-;17-,19+;17-,19-;;/m1101../s1. The molecular weight excluding hydrogens is 1930 g/mol. The number of rotatable bonds is 12. The molecule has 0 radical (unpaired) electrons. The third-order valence-corrected chi connectivity index (χ3v) is 30.2. The summed E-state index contributed by atoms with van der Waals surface area (Å²) in [6, 6.07) is 35.8. The van der Waals surface area contributed by atoms with Crippen molar-refractivity contribution >= 4 is 99.0 Å². The number of nitrogens with two attached hydrogens (primary N) is 2. The third-order valence-electron chi connectivity index (χ3n) is 21.1. The quantitative estimate of drug-likeness (QED) is 0.0652. The van der Waals surface area contributed by atoms with Gasteiger partial charge in [-0.2, -0.15) is 0 Å². The van der Waals surface area contributed by atoms with Crippen molar-refractivity contribution in [3.63, 3.8) is 0 Å². The Morgan fingerprint density at radius 1 is 0.367 bits per heavy atom. The van der Waals surface area contributed by atoms with Crippen LogP contribution < -0.4 is 22.1 Å². The molecule has 128 heavy (non-hydrogen) atoms. The second kappa shape index (κ2) is 38.4. The maximum absolute atomic E-state index is 15.1. The first-order valence-corrected chi connectivity index (χ1v) is 44.3. The first kappa shape index (κ1) is 104. The van der Waals surface area contributed by atoms with Crippen LogP contribution in [0.4, 0.5) is 44.7 Å². The van der Waals surface area contributed by atoms with Gasteiger partial charge >= 0.3 is 12.2 Å². The molecule has 0 fully saturated rings. The number of alkyl carbamates (subject to hydrolysis) is 2. The monoisotopic (exact) mass is 2030 g/mol. The van der Waals surface area contributed by atoms with Crippen molar-refractivity contribution in [1.29, 1.82) is 0 Å². The van der Waals surface area contributed by atoms with Crippen molar-refractivity contribution in [3.05, 3.63) is 290 Å². The van der Waals surface area contributed by atoms with E-state index in [1.807, 2.05) is 6.92 Å². The van der Waals surface area contributed by atoms with Gasteiger partial charge in [-0.15, -0.1) is 0 Å². The Morgan fingerprint density at radius 3 is 0.766 bits per heavy atom. The molecule has 0 aliphatic carbocycles. The van der Waals surface area contributed by atoms with E-state index < -0.39 is 153 Å². The summed E-state index contributed by atoms with van der Waals surface area (Å²) >= 11 is 0. The van der Waals surface area contributed by atoms with Crippen LogP contribution in [0.2, 0.25) is 0 Å². The SMILES string of the molecule is C.C=C(C)c1ccc(C2[C@@](C)(c3ccc(F)cc3F)N=C(NC(=O)OC(C)(C)C)N(C)S2(=O)=O)cc1.CC(=O)c1ccc(C2[C@@](C)(c3ccc(F)cc3F)N=C(NC(=O)OC(C)(C)C)N(C)S2(=O)=O)cc1.CC(=O)c1ccc([C@@H]2[C@@](C)(c3ccc(F)cc3F)N=C(N)N(C)S2(=O)=O)cc1.CC(=O)c1ccc([C@H]2[C@@](C)(c3ccc(F)cc3F)N=C(N)N(C)S2(=O)=O)cc1.[W]. The third kappa shape index (κ3) is 21.4. The van der Waals surface area contributed by atoms with Gasteiger partial charge in [0.25, 0.3) is 0 Å². The molecule has 0 bridgehead atoms. The Hall–Kier alpha value is -11.5. The minimum atomic E-state index is -4.32. The van der Waals surface area contributed by atoms with E-state index in [1.165, 1.54) is 162 Å². The summed E-state index contributed by atoms with van der Waals surface area (Å²) in [6.07, 6.45) is -1.88. The fraction of sp³-hybridized carbons (Fsp3) is 0.330. The molecule has 2 unspecified atom stereocenters. The fourth-order valence-electron chi connectivity index (χ4n) is 14.7. The van der Waals surface area contributed by atoms with E-state index in [2.05, 4.69) is 37.2 Å². The average molecular weight is 2030 g/mol. The molecule has 2 amide bonds. The van der Waals surface area contributed by atoms with E-state index in [0.717, 1.165) is 64.8 Å². The Morgan fingerprint density at radius 2 is 0.570 bits per heavy atom. The van der Waals surface area contributed by atoms with E-state index in [9.17, 15) is 84.0 Å². The topological polar surface area (TPSA) is 379 Å². The maximum Gasteiger partial charge on any atom is 0.414 e. The van der Waals surface area contributed by atoms with Gasteiger partial charge in [-0.25, -0.2) is 116 Å². The van der Waals surface area contributed by atoms with Crippen molar-refractivity contribution in [1.82, 2.24) is 27.9 Å². The predicted molar refractivity (Wildman–Crippen MR) is 467 cm³/mol. The molecule has 4 heterocycles. The molecule has 40 heteroatoms. The number of allylic oxidation sites excluding steroid dienone is 1. The molecule has 8 atom stereocenters. The van der Waals surface area contributed by atoms with Gasteiger partial charge in [0, 0.05) is 112 Å². The number of carbonyl (C=O) groups excluding carboxylic acids is 5. The Kier molecular flexibility index (Phi) is 31.1. The average Bonchev–Trinajstić information content (AvgIpc) is 0.741.